The zero-order valence-electron chi connectivity index (χ0n) is 34.0. The molecule has 0 saturated carbocycles. The molecule has 9 aromatic rings. The van der Waals surface area contributed by atoms with Crippen LogP contribution in [0.4, 0.5) is 0 Å². The first-order valence-corrected chi connectivity index (χ1v) is 20.7. The number of hydrogen-bond donors (Lipinski definition) is 1. The van der Waals surface area contributed by atoms with E-state index in [4.69, 9.17) is 35.6 Å². The molecule has 0 fully saturated rings. The Morgan fingerprint density at radius 2 is 0.825 bits per heavy atom. The van der Waals surface area contributed by atoms with E-state index in [-0.39, 0.29) is 6.04 Å². The molecule has 2 aromatic heterocycles. The minimum absolute atomic E-state index is 0.0251. The second-order valence-corrected chi connectivity index (χ2v) is 15.2. The van der Waals surface area contributed by atoms with Gasteiger partial charge in [0.1, 0.15) is 0 Å². The number of nitriles is 1. The van der Waals surface area contributed by atoms with Crippen LogP contribution in [0.5, 0.6) is 0 Å². The third-order valence-corrected chi connectivity index (χ3v) is 11.0. The zero-order valence-corrected chi connectivity index (χ0v) is 34.0. The number of allylic oxidation sites excluding steroid dienone is 2. The van der Waals surface area contributed by atoms with Crippen LogP contribution >= 0.6 is 0 Å². The SMILES string of the molecule is N#Cc1ccc(-c2ccccc2-c2nc(-c3ccccc3)nc(-c3ccccc3)n2)c(-c2cccc(-c3nc(-c4ccccc4)nc(-c4cccc(C5=CCC(N)C=C5)c4)n3)c2)c1. The Labute approximate surface area is 365 Å². The number of benzene rings is 7. The number of nitrogens with two attached hydrogens (primary N) is 1. The quantitative estimate of drug-likeness (QED) is 0.153. The lowest BCUT2D eigenvalue weighted by Crippen LogP contribution is -2.17. The molecule has 0 radical (unpaired) electrons. The molecule has 0 aliphatic heterocycles. The van der Waals surface area contributed by atoms with E-state index < -0.39 is 0 Å². The predicted octanol–water partition coefficient (Wildman–Crippen LogP) is 11.9. The van der Waals surface area contributed by atoms with Gasteiger partial charge in [-0.2, -0.15) is 5.26 Å². The second-order valence-electron chi connectivity index (χ2n) is 15.2. The molecular weight excluding hydrogens is 773 g/mol. The van der Waals surface area contributed by atoms with E-state index in [9.17, 15) is 5.26 Å². The first kappa shape index (κ1) is 38.7. The van der Waals surface area contributed by atoms with Crippen LogP contribution < -0.4 is 5.73 Å². The molecule has 298 valence electrons. The average Bonchev–Trinajstić information content (AvgIpc) is 3.37. The Morgan fingerprint density at radius 3 is 1.35 bits per heavy atom. The molecule has 0 bridgehead atoms. The number of rotatable bonds is 9. The fraction of sp³-hybridized carbons (Fsp3) is 0.0364. The van der Waals surface area contributed by atoms with E-state index in [1.54, 1.807) is 0 Å². The van der Waals surface area contributed by atoms with Crippen LogP contribution in [0.2, 0.25) is 0 Å². The minimum Gasteiger partial charge on any atom is -0.324 e. The molecule has 0 spiro atoms. The van der Waals surface area contributed by atoms with Gasteiger partial charge in [-0.05, 0) is 64.1 Å². The molecule has 10 rings (SSSR count). The highest BCUT2D eigenvalue weighted by Crippen LogP contribution is 2.40. The van der Waals surface area contributed by atoms with Gasteiger partial charge in [0.25, 0.3) is 0 Å². The largest absolute Gasteiger partial charge is 0.324 e. The summed E-state index contributed by atoms with van der Waals surface area (Å²) in [7, 11) is 0. The van der Waals surface area contributed by atoms with Crippen LogP contribution in [0.25, 0.3) is 96.2 Å². The lowest BCUT2D eigenvalue weighted by Gasteiger charge is -2.16. The Balaban J connectivity index is 1.10. The summed E-state index contributed by atoms with van der Waals surface area (Å²) in [5.41, 5.74) is 17.6. The first-order valence-electron chi connectivity index (χ1n) is 20.7. The molecule has 8 nitrogen and oxygen atoms in total. The first-order chi connectivity index (χ1) is 31.1. The molecule has 0 saturated heterocycles. The van der Waals surface area contributed by atoms with Gasteiger partial charge in [-0.3, -0.25) is 0 Å². The summed E-state index contributed by atoms with van der Waals surface area (Å²) in [4.78, 5) is 30.2. The van der Waals surface area contributed by atoms with Crippen LogP contribution in [0, 0.1) is 11.3 Å². The van der Waals surface area contributed by atoms with Crippen molar-refractivity contribution in [2.45, 2.75) is 12.5 Å². The summed E-state index contributed by atoms with van der Waals surface area (Å²) >= 11 is 0. The molecule has 0 amide bonds. The summed E-state index contributed by atoms with van der Waals surface area (Å²) < 4.78 is 0. The van der Waals surface area contributed by atoms with Crippen LogP contribution in [-0.4, -0.2) is 35.9 Å². The fourth-order valence-electron chi connectivity index (χ4n) is 7.79. The van der Waals surface area contributed by atoms with Crippen molar-refractivity contribution < 1.29 is 0 Å². The Hall–Kier alpha value is -8.51. The van der Waals surface area contributed by atoms with Crippen LogP contribution in [-0.2, 0) is 0 Å². The molecule has 1 atom stereocenters. The molecule has 1 aliphatic rings. The van der Waals surface area contributed by atoms with Crippen molar-refractivity contribution in [1.29, 1.82) is 5.26 Å². The van der Waals surface area contributed by atoms with E-state index in [2.05, 4.69) is 48.6 Å². The van der Waals surface area contributed by atoms with E-state index in [1.165, 1.54) is 0 Å². The van der Waals surface area contributed by atoms with Crippen molar-refractivity contribution in [3.63, 3.8) is 0 Å². The summed E-state index contributed by atoms with van der Waals surface area (Å²) in [6.45, 7) is 0. The Morgan fingerprint density at radius 1 is 0.397 bits per heavy atom. The number of aromatic nitrogens is 6. The van der Waals surface area contributed by atoms with Crippen LogP contribution in [0.3, 0.4) is 0 Å². The van der Waals surface area contributed by atoms with Gasteiger partial charge in [0.2, 0.25) is 0 Å². The fourth-order valence-corrected chi connectivity index (χ4v) is 7.79. The monoisotopic (exact) mass is 810 g/mol. The standard InChI is InChI=1S/C55H38N8/c56-35-36-26-31-47(46-24-10-11-25-48(46)55-62-51(39-16-6-2-7-17-39)58-52(63-55)40-18-8-3-9-19-40)49(32-36)42-21-13-23-44(34-42)54-60-50(38-14-4-1-5-15-38)59-53(61-54)43-22-12-20-41(33-43)37-27-29-45(57)30-28-37/h1-29,31-34,45H,30,57H2. The van der Waals surface area contributed by atoms with Crippen molar-refractivity contribution in [1.82, 2.24) is 29.9 Å². The van der Waals surface area contributed by atoms with Crippen molar-refractivity contribution in [3.05, 3.63) is 211 Å². The molecule has 2 N–H and O–H groups in total. The lowest BCUT2D eigenvalue weighted by atomic mass is 9.89. The summed E-state index contributed by atoms with van der Waals surface area (Å²) in [6, 6.07) is 62.6. The van der Waals surface area contributed by atoms with E-state index in [1.807, 2.05) is 158 Å². The molecule has 7 aromatic carbocycles. The van der Waals surface area contributed by atoms with Crippen molar-refractivity contribution >= 4 is 5.57 Å². The smallest absolute Gasteiger partial charge is 0.164 e. The maximum absolute atomic E-state index is 10.2. The van der Waals surface area contributed by atoms with Crippen molar-refractivity contribution in [2.75, 3.05) is 0 Å². The number of nitrogens with zero attached hydrogens (tertiary/aromatic N) is 7. The van der Waals surface area contributed by atoms with Gasteiger partial charge in [-0.25, -0.2) is 29.9 Å². The second kappa shape index (κ2) is 17.2. The molecule has 63 heavy (non-hydrogen) atoms. The van der Waals surface area contributed by atoms with Gasteiger partial charge in [-0.1, -0.05) is 176 Å². The molecule has 1 unspecified atom stereocenters. The van der Waals surface area contributed by atoms with Crippen molar-refractivity contribution in [3.8, 4) is 96.7 Å². The Kier molecular flexibility index (Phi) is 10.6. The number of hydrogen-bond acceptors (Lipinski definition) is 8. The highest BCUT2D eigenvalue weighted by atomic mass is 15.0. The van der Waals surface area contributed by atoms with Gasteiger partial charge < -0.3 is 5.73 Å². The predicted molar refractivity (Wildman–Crippen MR) is 251 cm³/mol. The van der Waals surface area contributed by atoms with E-state index in [0.717, 1.165) is 73.2 Å². The van der Waals surface area contributed by atoms with Gasteiger partial charge in [0.15, 0.2) is 34.9 Å². The summed E-state index contributed by atoms with van der Waals surface area (Å²) in [5.74, 6) is 3.35. The molecule has 1 aliphatic carbocycles. The molecule has 2 heterocycles. The van der Waals surface area contributed by atoms with Gasteiger partial charge >= 0.3 is 0 Å². The highest BCUT2D eigenvalue weighted by molar-refractivity contribution is 5.92. The summed E-state index contributed by atoms with van der Waals surface area (Å²) in [5, 5.41) is 10.2. The summed E-state index contributed by atoms with van der Waals surface area (Å²) in [6.07, 6.45) is 7.07. The lowest BCUT2D eigenvalue weighted by molar-refractivity contribution is 0.828. The minimum atomic E-state index is 0.0251. The topological polar surface area (TPSA) is 127 Å². The van der Waals surface area contributed by atoms with Crippen LogP contribution in [0.15, 0.2) is 200 Å². The van der Waals surface area contributed by atoms with Gasteiger partial charge in [-0.15, -0.1) is 0 Å². The molecule has 8 heteroatoms. The zero-order chi connectivity index (χ0) is 42.5. The average molecular weight is 811 g/mol. The van der Waals surface area contributed by atoms with Crippen LogP contribution in [0.1, 0.15) is 17.5 Å². The third kappa shape index (κ3) is 8.20. The third-order valence-electron chi connectivity index (χ3n) is 11.0. The van der Waals surface area contributed by atoms with E-state index in [0.29, 0.717) is 40.5 Å². The molecular formula is C55H38N8. The van der Waals surface area contributed by atoms with Gasteiger partial charge in [0, 0.05) is 39.4 Å². The Bertz CT molecular complexity index is 3170. The van der Waals surface area contributed by atoms with Crippen molar-refractivity contribution in [2.24, 2.45) is 5.73 Å². The highest BCUT2D eigenvalue weighted by Gasteiger charge is 2.20. The maximum atomic E-state index is 10.2. The maximum Gasteiger partial charge on any atom is 0.164 e. The van der Waals surface area contributed by atoms with E-state index >= 15 is 0 Å². The van der Waals surface area contributed by atoms with Gasteiger partial charge in [0.05, 0.1) is 11.6 Å². The normalized spacial score (nSPS) is 13.3.